The van der Waals surface area contributed by atoms with E-state index in [1.165, 1.54) is 6.08 Å². The lowest BCUT2D eigenvalue weighted by atomic mass is 9.87. The van der Waals surface area contributed by atoms with Gasteiger partial charge in [0.25, 0.3) is 0 Å². The molecule has 0 amide bonds. The van der Waals surface area contributed by atoms with Crippen LogP contribution in [0.5, 0.6) is 5.75 Å². The van der Waals surface area contributed by atoms with Crippen molar-refractivity contribution in [1.29, 1.82) is 5.26 Å². The number of rotatable bonds is 5. The molecule has 0 aliphatic carbocycles. The second-order valence-electron chi connectivity index (χ2n) is 8.65. The summed E-state index contributed by atoms with van der Waals surface area (Å²) >= 11 is 0. The Balaban J connectivity index is 1.78. The van der Waals surface area contributed by atoms with Crippen LogP contribution in [0, 0.1) is 18.3 Å². The van der Waals surface area contributed by atoms with Gasteiger partial charge < -0.3 is 4.74 Å². The molecule has 0 N–H and O–H groups in total. The number of nitrogens with zero attached hydrogens (tertiary/aromatic N) is 1. The number of hydrogen-bond donors (Lipinski definition) is 0. The highest BCUT2D eigenvalue weighted by Gasteiger charge is 2.16. The van der Waals surface area contributed by atoms with Crippen LogP contribution in [-0.2, 0) is 5.41 Å². The van der Waals surface area contributed by atoms with E-state index in [4.69, 9.17) is 4.74 Å². The number of esters is 1. The van der Waals surface area contributed by atoms with Gasteiger partial charge in [0.05, 0.1) is 5.56 Å². The highest BCUT2D eigenvalue weighted by Crippen LogP contribution is 2.23. The zero-order chi connectivity index (χ0) is 23.3. The lowest BCUT2D eigenvalue weighted by Crippen LogP contribution is -2.13. The highest BCUT2D eigenvalue weighted by atomic mass is 16.5. The molecule has 0 aliphatic heterocycles. The Labute approximate surface area is 188 Å². The van der Waals surface area contributed by atoms with Gasteiger partial charge in [0.2, 0.25) is 5.78 Å². The first-order chi connectivity index (χ1) is 15.2. The number of carbonyl (C=O) groups excluding carboxylic acids is 2. The standard InChI is InChI=1S/C28H25NO3/c1-19-8-10-21(11-9-19)26(30)23(18-29)16-20-6-5-7-25(17-20)32-27(31)22-12-14-24(15-13-22)28(2,3)4/h5-17H,1-4H3. The van der Waals surface area contributed by atoms with Crippen molar-refractivity contribution in [3.63, 3.8) is 0 Å². The van der Waals surface area contributed by atoms with E-state index in [1.54, 1.807) is 48.5 Å². The Bertz CT molecular complexity index is 1210. The van der Waals surface area contributed by atoms with Gasteiger partial charge in [0.15, 0.2) is 0 Å². The highest BCUT2D eigenvalue weighted by molar-refractivity contribution is 6.14. The molecule has 0 saturated heterocycles. The van der Waals surface area contributed by atoms with E-state index in [2.05, 4.69) is 20.8 Å². The summed E-state index contributed by atoms with van der Waals surface area (Å²) in [5, 5.41) is 9.49. The number of allylic oxidation sites excluding steroid dienone is 1. The Morgan fingerprint density at radius 1 is 0.906 bits per heavy atom. The van der Waals surface area contributed by atoms with Crippen LogP contribution in [-0.4, -0.2) is 11.8 Å². The number of ether oxygens (including phenoxy) is 1. The Kier molecular flexibility index (Phi) is 6.70. The van der Waals surface area contributed by atoms with Crippen molar-refractivity contribution in [1.82, 2.24) is 0 Å². The summed E-state index contributed by atoms with van der Waals surface area (Å²) < 4.78 is 5.50. The SMILES string of the molecule is Cc1ccc(C(=O)C(C#N)=Cc2cccc(OC(=O)c3ccc(C(C)(C)C)cc3)c2)cc1. The molecule has 0 bridgehead atoms. The normalized spacial score (nSPS) is 11.5. The molecular weight excluding hydrogens is 398 g/mol. The van der Waals surface area contributed by atoms with Crippen LogP contribution in [0.3, 0.4) is 0 Å². The van der Waals surface area contributed by atoms with Gasteiger partial charge in [-0.15, -0.1) is 0 Å². The van der Waals surface area contributed by atoms with Crippen LogP contribution in [0.25, 0.3) is 6.08 Å². The fraction of sp³-hybridized carbons (Fsp3) is 0.179. The van der Waals surface area contributed by atoms with E-state index < -0.39 is 5.97 Å². The van der Waals surface area contributed by atoms with Crippen molar-refractivity contribution in [3.05, 3.63) is 106 Å². The summed E-state index contributed by atoms with van der Waals surface area (Å²) in [6.45, 7) is 8.26. The third kappa shape index (κ3) is 5.59. The molecule has 0 aromatic heterocycles. The van der Waals surface area contributed by atoms with Crippen LogP contribution < -0.4 is 4.74 Å². The molecule has 0 radical (unpaired) electrons. The summed E-state index contributed by atoms with van der Waals surface area (Å²) in [6.07, 6.45) is 1.50. The lowest BCUT2D eigenvalue weighted by molar-refractivity contribution is 0.0734. The molecule has 4 heteroatoms. The summed E-state index contributed by atoms with van der Waals surface area (Å²) in [4.78, 5) is 25.2. The number of ketones is 1. The summed E-state index contributed by atoms with van der Waals surface area (Å²) in [7, 11) is 0. The molecule has 3 aromatic carbocycles. The minimum atomic E-state index is -0.470. The monoisotopic (exact) mass is 423 g/mol. The van der Waals surface area contributed by atoms with Crippen LogP contribution >= 0.6 is 0 Å². The van der Waals surface area contributed by atoms with Crippen molar-refractivity contribution >= 4 is 17.8 Å². The molecule has 4 nitrogen and oxygen atoms in total. The van der Waals surface area contributed by atoms with Crippen molar-refractivity contribution in [2.75, 3.05) is 0 Å². The van der Waals surface area contributed by atoms with Crippen LogP contribution in [0.15, 0.2) is 78.4 Å². The smallest absolute Gasteiger partial charge is 0.343 e. The minimum absolute atomic E-state index is 0.00242. The second-order valence-corrected chi connectivity index (χ2v) is 8.65. The Morgan fingerprint density at radius 2 is 1.53 bits per heavy atom. The van der Waals surface area contributed by atoms with Crippen molar-refractivity contribution in [2.24, 2.45) is 0 Å². The van der Waals surface area contributed by atoms with Gasteiger partial charge >= 0.3 is 5.97 Å². The summed E-state index contributed by atoms with van der Waals surface area (Å²) in [6, 6.07) is 23.1. The lowest BCUT2D eigenvalue weighted by Gasteiger charge is -2.18. The van der Waals surface area contributed by atoms with Gasteiger partial charge in [-0.2, -0.15) is 5.26 Å². The molecule has 0 aliphatic rings. The Hall–Kier alpha value is -3.97. The van der Waals surface area contributed by atoms with Gasteiger partial charge in [-0.05, 0) is 53.8 Å². The zero-order valence-corrected chi connectivity index (χ0v) is 18.7. The fourth-order valence-electron chi connectivity index (χ4n) is 3.12. The van der Waals surface area contributed by atoms with E-state index in [0.29, 0.717) is 22.4 Å². The van der Waals surface area contributed by atoms with Crippen LogP contribution in [0.2, 0.25) is 0 Å². The van der Waals surface area contributed by atoms with Crippen LogP contribution in [0.1, 0.15) is 58.2 Å². The molecular formula is C28H25NO3. The predicted octanol–water partition coefficient (Wildman–Crippen LogP) is 6.30. The molecule has 3 rings (SSSR count). The van der Waals surface area contributed by atoms with E-state index in [9.17, 15) is 14.9 Å². The van der Waals surface area contributed by atoms with Crippen LogP contribution in [0.4, 0.5) is 0 Å². The third-order valence-corrected chi connectivity index (χ3v) is 5.05. The van der Waals surface area contributed by atoms with Gasteiger partial charge in [-0.3, -0.25) is 4.79 Å². The molecule has 0 atom stereocenters. The maximum Gasteiger partial charge on any atom is 0.343 e. The van der Waals surface area contributed by atoms with Gasteiger partial charge in [-0.1, -0.05) is 74.9 Å². The number of carbonyl (C=O) groups is 2. The number of Topliss-reactive ketones (excluding diaryl/α,β-unsaturated/α-hetero) is 1. The third-order valence-electron chi connectivity index (χ3n) is 5.05. The van der Waals surface area contributed by atoms with E-state index in [1.807, 2.05) is 37.3 Å². The zero-order valence-electron chi connectivity index (χ0n) is 18.7. The summed E-state index contributed by atoms with van der Waals surface area (Å²) in [5.74, 6) is -0.486. The van der Waals surface area contributed by atoms with E-state index in [0.717, 1.165) is 11.1 Å². The average Bonchev–Trinajstić information content (AvgIpc) is 2.77. The van der Waals surface area contributed by atoms with Gasteiger partial charge in [-0.25, -0.2) is 4.79 Å². The van der Waals surface area contributed by atoms with Crippen molar-refractivity contribution < 1.29 is 14.3 Å². The van der Waals surface area contributed by atoms with E-state index >= 15 is 0 Å². The molecule has 0 fully saturated rings. The number of nitriles is 1. The predicted molar refractivity (Wildman–Crippen MR) is 126 cm³/mol. The first-order valence-corrected chi connectivity index (χ1v) is 10.3. The number of benzene rings is 3. The largest absolute Gasteiger partial charge is 0.423 e. The molecule has 0 saturated carbocycles. The average molecular weight is 424 g/mol. The first-order valence-electron chi connectivity index (χ1n) is 10.3. The molecule has 32 heavy (non-hydrogen) atoms. The second kappa shape index (κ2) is 9.45. The van der Waals surface area contributed by atoms with Crippen molar-refractivity contribution in [3.8, 4) is 11.8 Å². The number of hydrogen-bond acceptors (Lipinski definition) is 4. The summed E-state index contributed by atoms with van der Waals surface area (Å²) in [5.41, 5.74) is 3.66. The molecule has 160 valence electrons. The quantitative estimate of drug-likeness (QED) is 0.159. The maximum atomic E-state index is 12.7. The van der Waals surface area contributed by atoms with E-state index in [-0.39, 0.29) is 16.8 Å². The van der Waals surface area contributed by atoms with Crippen molar-refractivity contribution in [2.45, 2.75) is 33.1 Å². The first kappa shape index (κ1) is 22.7. The van der Waals surface area contributed by atoms with Gasteiger partial charge in [0, 0.05) is 5.56 Å². The molecule has 3 aromatic rings. The number of aryl methyl sites for hydroxylation is 1. The molecule has 0 spiro atoms. The topological polar surface area (TPSA) is 67.2 Å². The fourth-order valence-corrected chi connectivity index (χ4v) is 3.12. The molecule has 0 heterocycles. The molecule has 0 unspecified atom stereocenters. The minimum Gasteiger partial charge on any atom is -0.423 e. The maximum absolute atomic E-state index is 12.7. The van der Waals surface area contributed by atoms with Gasteiger partial charge in [0.1, 0.15) is 17.4 Å². The Morgan fingerprint density at radius 3 is 2.12 bits per heavy atom.